The third-order valence-corrected chi connectivity index (χ3v) is 3.31. The number of amides is 2. The molecule has 0 saturated carbocycles. The number of carbonyl (C=O) groups is 2. The Balaban J connectivity index is 2.87. The van der Waals surface area contributed by atoms with Gasteiger partial charge in [-0.2, -0.15) is 0 Å². The smallest absolute Gasteiger partial charge is 0.235 e. The molecule has 1 fully saturated rings. The van der Waals surface area contributed by atoms with E-state index < -0.39 is 5.41 Å². The molecular weight excluding hydrogens is 192 g/mol. The van der Waals surface area contributed by atoms with Gasteiger partial charge in [-0.05, 0) is 19.8 Å². The molecule has 0 bridgehead atoms. The Hall–Kier alpha value is -0.900. The first kappa shape index (κ1) is 12.2. The van der Waals surface area contributed by atoms with E-state index in [1.165, 1.54) is 4.90 Å². The number of nitrogens with two attached hydrogens (primary N) is 1. The summed E-state index contributed by atoms with van der Waals surface area (Å²) in [6.07, 6.45) is 1.80. The lowest BCUT2D eigenvalue weighted by molar-refractivity contribution is -0.141. The third-order valence-electron chi connectivity index (χ3n) is 3.31. The monoisotopic (exact) mass is 212 g/mol. The molecule has 1 rings (SSSR count). The summed E-state index contributed by atoms with van der Waals surface area (Å²) in [7, 11) is 0. The summed E-state index contributed by atoms with van der Waals surface area (Å²) < 4.78 is 0. The molecule has 4 nitrogen and oxygen atoms in total. The van der Waals surface area contributed by atoms with Crippen molar-refractivity contribution in [2.45, 2.75) is 46.1 Å². The van der Waals surface area contributed by atoms with Gasteiger partial charge < -0.3 is 5.73 Å². The van der Waals surface area contributed by atoms with Gasteiger partial charge in [-0.15, -0.1) is 0 Å². The van der Waals surface area contributed by atoms with Crippen LogP contribution in [0.2, 0.25) is 0 Å². The average Bonchev–Trinajstić information content (AvgIpc) is 2.42. The van der Waals surface area contributed by atoms with Gasteiger partial charge in [0.25, 0.3) is 0 Å². The van der Waals surface area contributed by atoms with Crippen LogP contribution in [0.15, 0.2) is 0 Å². The van der Waals surface area contributed by atoms with Crippen LogP contribution in [-0.4, -0.2) is 29.3 Å². The molecule has 1 aliphatic heterocycles. The largest absolute Gasteiger partial charge is 0.326 e. The molecule has 0 aromatic rings. The van der Waals surface area contributed by atoms with Gasteiger partial charge in [-0.1, -0.05) is 13.8 Å². The number of imide groups is 1. The number of nitrogens with zero attached hydrogens (tertiary/aromatic N) is 1. The predicted octanol–water partition coefficient (Wildman–Crippen LogP) is 0.899. The molecule has 2 N–H and O–H groups in total. The Labute approximate surface area is 90.8 Å². The van der Waals surface area contributed by atoms with Gasteiger partial charge in [0, 0.05) is 19.0 Å². The third kappa shape index (κ3) is 2.04. The van der Waals surface area contributed by atoms with Crippen molar-refractivity contribution in [3.8, 4) is 0 Å². The first-order chi connectivity index (χ1) is 6.96. The summed E-state index contributed by atoms with van der Waals surface area (Å²) in [5.74, 6) is -0.101. The fraction of sp³-hybridized carbons (Fsp3) is 0.818. The summed E-state index contributed by atoms with van der Waals surface area (Å²) in [4.78, 5) is 25.1. The van der Waals surface area contributed by atoms with Crippen molar-refractivity contribution in [2.24, 2.45) is 11.1 Å². The number of rotatable bonds is 4. The molecule has 1 saturated heterocycles. The maximum Gasteiger partial charge on any atom is 0.235 e. The van der Waals surface area contributed by atoms with Crippen LogP contribution in [0, 0.1) is 5.41 Å². The number of likely N-dealkylation sites (tertiary alicyclic amines) is 1. The lowest BCUT2D eigenvalue weighted by Gasteiger charge is -2.24. The van der Waals surface area contributed by atoms with Crippen LogP contribution >= 0.6 is 0 Å². The normalized spacial score (nSPS) is 22.3. The van der Waals surface area contributed by atoms with Gasteiger partial charge in [0.2, 0.25) is 11.8 Å². The van der Waals surface area contributed by atoms with Crippen LogP contribution in [-0.2, 0) is 9.59 Å². The summed E-state index contributed by atoms with van der Waals surface area (Å²) in [5.41, 5.74) is 5.17. The van der Waals surface area contributed by atoms with E-state index in [0.717, 1.165) is 12.8 Å². The molecule has 2 amide bonds. The lowest BCUT2D eigenvalue weighted by Crippen LogP contribution is -2.41. The zero-order valence-corrected chi connectivity index (χ0v) is 9.75. The van der Waals surface area contributed by atoms with E-state index in [1.54, 1.807) is 6.92 Å². The zero-order valence-electron chi connectivity index (χ0n) is 9.75. The summed E-state index contributed by atoms with van der Waals surface area (Å²) in [6, 6.07) is -0.151. The second-order valence-corrected chi connectivity index (χ2v) is 4.45. The van der Waals surface area contributed by atoms with Crippen molar-refractivity contribution in [2.75, 3.05) is 6.54 Å². The van der Waals surface area contributed by atoms with Gasteiger partial charge >= 0.3 is 0 Å². The Kier molecular flexibility index (Phi) is 3.50. The minimum Gasteiger partial charge on any atom is -0.326 e. The molecule has 0 radical (unpaired) electrons. The van der Waals surface area contributed by atoms with E-state index in [4.69, 9.17) is 5.73 Å². The molecule has 0 aliphatic carbocycles. The number of hydrogen-bond donors (Lipinski definition) is 1. The second kappa shape index (κ2) is 4.31. The molecule has 0 aromatic heterocycles. The summed E-state index contributed by atoms with van der Waals surface area (Å²) in [5, 5.41) is 0. The first-order valence-corrected chi connectivity index (χ1v) is 5.57. The van der Waals surface area contributed by atoms with Gasteiger partial charge in [-0.25, -0.2) is 0 Å². The van der Waals surface area contributed by atoms with Gasteiger partial charge in [0.1, 0.15) is 0 Å². The van der Waals surface area contributed by atoms with Crippen molar-refractivity contribution in [1.29, 1.82) is 0 Å². The standard InChI is InChI=1S/C11H20N2O2/c1-4-11(5-2)6-9(14)13(10(11)15)7-8(3)12/h8H,4-7,12H2,1-3H3. The Morgan fingerprint density at radius 2 is 1.93 bits per heavy atom. The maximum atomic E-state index is 12.1. The lowest BCUT2D eigenvalue weighted by atomic mass is 9.81. The van der Waals surface area contributed by atoms with E-state index >= 15 is 0 Å². The molecule has 1 unspecified atom stereocenters. The van der Waals surface area contributed by atoms with Crippen molar-refractivity contribution >= 4 is 11.8 Å². The Morgan fingerprint density at radius 1 is 1.40 bits per heavy atom. The van der Waals surface area contributed by atoms with Gasteiger partial charge in [-0.3, -0.25) is 14.5 Å². The number of hydrogen-bond acceptors (Lipinski definition) is 3. The van der Waals surface area contributed by atoms with Crippen molar-refractivity contribution in [1.82, 2.24) is 4.90 Å². The fourth-order valence-electron chi connectivity index (χ4n) is 2.14. The number of carbonyl (C=O) groups excluding carboxylic acids is 2. The maximum absolute atomic E-state index is 12.1. The van der Waals surface area contributed by atoms with Crippen LogP contribution in [0.25, 0.3) is 0 Å². The minimum absolute atomic E-state index is 0.0326. The highest BCUT2D eigenvalue weighted by Crippen LogP contribution is 2.38. The van der Waals surface area contributed by atoms with Crippen LogP contribution in [0.5, 0.6) is 0 Å². The van der Waals surface area contributed by atoms with E-state index in [1.807, 2.05) is 13.8 Å². The first-order valence-electron chi connectivity index (χ1n) is 5.57. The molecular formula is C11H20N2O2. The van der Waals surface area contributed by atoms with Crippen molar-refractivity contribution < 1.29 is 9.59 Å². The highest BCUT2D eigenvalue weighted by molar-refractivity contribution is 6.05. The van der Waals surface area contributed by atoms with Gasteiger partial charge in [0.05, 0.1) is 5.41 Å². The zero-order chi connectivity index (χ0) is 11.6. The Bertz CT molecular complexity index is 270. The second-order valence-electron chi connectivity index (χ2n) is 4.45. The fourth-order valence-corrected chi connectivity index (χ4v) is 2.14. The van der Waals surface area contributed by atoms with Crippen LogP contribution in [0.1, 0.15) is 40.0 Å². The Morgan fingerprint density at radius 3 is 2.27 bits per heavy atom. The molecule has 4 heteroatoms. The van der Waals surface area contributed by atoms with E-state index in [0.29, 0.717) is 13.0 Å². The molecule has 0 spiro atoms. The van der Waals surface area contributed by atoms with Crippen molar-refractivity contribution in [3.63, 3.8) is 0 Å². The van der Waals surface area contributed by atoms with Crippen LogP contribution in [0.3, 0.4) is 0 Å². The highest BCUT2D eigenvalue weighted by Gasteiger charge is 2.48. The summed E-state index contributed by atoms with van der Waals surface area (Å²) in [6.45, 7) is 6.08. The topological polar surface area (TPSA) is 63.4 Å². The summed E-state index contributed by atoms with van der Waals surface area (Å²) >= 11 is 0. The molecule has 86 valence electrons. The quantitative estimate of drug-likeness (QED) is 0.704. The molecule has 1 heterocycles. The molecule has 1 atom stereocenters. The van der Waals surface area contributed by atoms with E-state index in [9.17, 15) is 9.59 Å². The van der Waals surface area contributed by atoms with Gasteiger partial charge in [0.15, 0.2) is 0 Å². The van der Waals surface area contributed by atoms with Crippen LogP contribution in [0.4, 0.5) is 0 Å². The molecule has 0 aromatic carbocycles. The average molecular weight is 212 g/mol. The van der Waals surface area contributed by atoms with E-state index in [-0.39, 0.29) is 17.9 Å². The van der Waals surface area contributed by atoms with Crippen molar-refractivity contribution in [3.05, 3.63) is 0 Å². The predicted molar refractivity (Wildman–Crippen MR) is 58.0 cm³/mol. The van der Waals surface area contributed by atoms with Crippen LogP contribution < -0.4 is 5.73 Å². The SMILES string of the molecule is CCC1(CC)CC(=O)N(CC(C)N)C1=O. The highest BCUT2D eigenvalue weighted by atomic mass is 16.2. The van der Waals surface area contributed by atoms with E-state index in [2.05, 4.69) is 0 Å². The molecule has 15 heavy (non-hydrogen) atoms. The molecule has 1 aliphatic rings. The minimum atomic E-state index is -0.452.